The fourth-order valence-electron chi connectivity index (χ4n) is 2.76. The van der Waals surface area contributed by atoms with Crippen molar-refractivity contribution in [2.24, 2.45) is 0 Å². The van der Waals surface area contributed by atoms with Gasteiger partial charge in [-0.1, -0.05) is 72.8 Å². The predicted octanol–water partition coefficient (Wildman–Crippen LogP) is 5.06. The number of para-hydroxylation sites is 1. The van der Waals surface area contributed by atoms with Gasteiger partial charge in [0.2, 0.25) is 0 Å². The first-order valence-electron chi connectivity index (χ1n) is 8.56. The molecule has 1 aliphatic rings. The molecule has 1 aliphatic carbocycles. The van der Waals surface area contributed by atoms with Crippen molar-refractivity contribution in [3.05, 3.63) is 124 Å². The highest BCUT2D eigenvalue weighted by atomic mass is 16.3. The van der Waals surface area contributed by atoms with Crippen LogP contribution in [0.4, 0.5) is 0 Å². The van der Waals surface area contributed by atoms with E-state index in [2.05, 4.69) is 48.5 Å². The third-order valence-corrected chi connectivity index (χ3v) is 4.02. The second-order valence-corrected chi connectivity index (χ2v) is 5.95. The van der Waals surface area contributed by atoms with E-state index >= 15 is 0 Å². The van der Waals surface area contributed by atoms with E-state index in [4.69, 9.17) is 15.3 Å². The zero-order valence-corrected chi connectivity index (χ0v) is 14.7. The van der Waals surface area contributed by atoms with Gasteiger partial charge in [0.25, 0.3) is 0 Å². The zero-order valence-electron chi connectivity index (χ0n) is 14.7. The highest BCUT2D eigenvalue weighted by Crippen LogP contribution is 2.15. The van der Waals surface area contributed by atoms with Crippen molar-refractivity contribution in [3.8, 4) is 17.2 Å². The van der Waals surface area contributed by atoms with E-state index in [0.29, 0.717) is 5.75 Å². The van der Waals surface area contributed by atoms with E-state index in [9.17, 15) is 0 Å². The van der Waals surface area contributed by atoms with Crippen LogP contribution in [-0.2, 0) is 0 Å². The Morgan fingerprint density at radius 2 is 0.667 bits per heavy atom. The van der Waals surface area contributed by atoms with Gasteiger partial charge >= 0.3 is 0 Å². The fraction of sp³-hybridized carbons (Fsp3) is 0. The van der Waals surface area contributed by atoms with Crippen LogP contribution in [0.2, 0.25) is 0 Å². The lowest BCUT2D eigenvalue weighted by Gasteiger charge is -2.02. The minimum absolute atomic E-state index is 0.0880. The third-order valence-electron chi connectivity index (χ3n) is 4.02. The minimum Gasteiger partial charge on any atom is -0.508 e. The van der Waals surface area contributed by atoms with Crippen LogP contribution in [-0.4, -0.2) is 15.3 Å². The first kappa shape index (κ1) is 18.1. The van der Waals surface area contributed by atoms with Gasteiger partial charge in [-0.15, -0.1) is 0 Å². The van der Waals surface area contributed by atoms with Gasteiger partial charge in [0, 0.05) is 6.07 Å². The molecule has 0 saturated carbocycles. The molecule has 0 saturated heterocycles. The van der Waals surface area contributed by atoms with Crippen molar-refractivity contribution in [1.82, 2.24) is 0 Å². The van der Waals surface area contributed by atoms with Crippen LogP contribution < -0.4 is 0 Å². The molecule has 134 valence electrons. The monoisotopic (exact) mass is 356 g/mol. The molecule has 0 bridgehead atoms. The largest absolute Gasteiger partial charge is 0.508 e. The summed E-state index contributed by atoms with van der Waals surface area (Å²) in [5.41, 5.74) is 0. The summed E-state index contributed by atoms with van der Waals surface area (Å²) in [5, 5.41) is 31.5. The maximum absolute atomic E-state index is 8.65. The van der Waals surface area contributed by atoms with E-state index in [-0.39, 0.29) is 11.5 Å². The summed E-state index contributed by atoms with van der Waals surface area (Å²) >= 11 is 0. The smallest absolute Gasteiger partial charge is 0.119 e. The molecule has 0 aliphatic heterocycles. The minimum atomic E-state index is 0.0880. The molecule has 0 spiro atoms. The Morgan fingerprint density at radius 3 is 0.926 bits per heavy atom. The van der Waals surface area contributed by atoms with Crippen LogP contribution in [0.1, 0.15) is 0 Å². The second kappa shape index (κ2) is 8.59. The van der Waals surface area contributed by atoms with Gasteiger partial charge in [-0.2, -0.15) is 0 Å². The zero-order chi connectivity index (χ0) is 19.1. The quantitative estimate of drug-likeness (QED) is 0.363. The molecule has 27 heavy (non-hydrogen) atoms. The average Bonchev–Trinajstić information content (AvgIpc) is 2.67. The van der Waals surface area contributed by atoms with Gasteiger partial charge in [-0.05, 0) is 45.1 Å². The molecular weight excluding hydrogens is 336 g/mol. The van der Waals surface area contributed by atoms with E-state index in [1.165, 1.54) is 39.1 Å². The number of hydrogen-bond acceptors (Lipinski definition) is 3. The molecule has 0 heterocycles. The fourth-order valence-corrected chi connectivity index (χ4v) is 2.76. The average molecular weight is 356 g/mol. The van der Waals surface area contributed by atoms with E-state index in [1.807, 2.05) is 6.07 Å². The molecule has 0 atom stereocenters. The van der Waals surface area contributed by atoms with Crippen molar-refractivity contribution in [2.75, 3.05) is 0 Å². The molecule has 3 heteroatoms. The highest BCUT2D eigenvalue weighted by Gasteiger charge is 1.97. The first-order chi connectivity index (χ1) is 13.1. The lowest BCUT2D eigenvalue weighted by atomic mass is 10.0. The molecule has 4 aromatic rings. The summed E-state index contributed by atoms with van der Waals surface area (Å²) in [6, 6.07) is 31.6. The lowest BCUT2D eigenvalue weighted by Crippen LogP contribution is -1.88. The maximum atomic E-state index is 8.65. The molecule has 5 rings (SSSR count). The van der Waals surface area contributed by atoms with Gasteiger partial charge in [-0.25, -0.2) is 0 Å². The Hall–Kier alpha value is -3.72. The van der Waals surface area contributed by atoms with Crippen molar-refractivity contribution in [2.45, 2.75) is 0 Å². The van der Waals surface area contributed by atoms with Crippen molar-refractivity contribution in [1.29, 1.82) is 0 Å². The lowest BCUT2D eigenvalue weighted by molar-refractivity contribution is 0.450. The Kier molecular flexibility index (Phi) is 5.75. The third kappa shape index (κ3) is 4.67. The molecular formula is C24H20O3. The first-order valence-corrected chi connectivity index (χ1v) is 8.56. The van der Waals surface area contributed by atoms with Gasteiger partial charge < -0.3 is 15.3 Å². The summed E-state index contributed by atoms with van der Waals surface area (Å²) in [6.07, 6.45) is 0. The van der Waals surface area contributed by atoms with Gasteiger partial charge in [-0.3, -0.25) is 0 Å². The number of aromatic hydroxyl groups is 3. The SMILES string of the molecule is Oc1cccc(O)c1.Oc1ccccc1.c1ccc2c(c1)=c1ccccc1=2. The van der Waals surface area contributed by atoms with E-state index < -0.39 is 0 Å². The molecule has 0 fully saturated rings. The van der Waals surface area contributed by atoms with Crippen molar-refractivity contribution >= 4 is 0 Å². The van der Waals surface area contributed by atoms with E-state index in [0.717, 1.165) is 0 Å². The maximum Gasteiger partial charge on any atom is 0.119 e. The number of phenols is 3. The molecule has 3 nitrogen and oxygen atoms in total. The summed E-state index contributed by atoms with van der Waals surface area (Å²) < 4.78 is 0. The Bertz CT molecular complexity index is 1050. The Morgan fingerprint density at radius 1 is 0.333 bits per heavy atom. The standard InChI is InChI=1S/C12H8.C6H6O2.C6H6O/c1-2-6-10-9(5-1)11-7-3-4-8-12(10)11;7-5-2-1-3-6(8)4-5;7-6-4-2-1-3-5-6/h1-8H;1-4,7-8H;1-5,7H. The Labute approximate surface area is 157 Å². The summed E-state index contributed by atoms with van der Waals surface area (Å²) in [6.45, 7) is 0. The van der Waals surface area contributed by atoms with Crippen LogP contribution >= 0.6 is 0 Å². The Balaban J connectivity index is 0.000000124. The van der Waals surface area contributed by atoms with Gasteiger partial charge in [0.05, 0.1) is 0 Å². The van der Waals surface area contributed by atoms with Gasteiger partial charge in [0.15, 0.2) is 0 Å². The second-order valence-electron chi connectivity index (χ2n) is 5.95. The topological polar surface area (TPSA) is 60.7 Å². The highest BCUT2D eigenvalue weighted by molar-refractivity contribution is 5.30. The van der Waals surface area contributed by atoms with Crippen molar-refractivity contribution < 1.29 is 15.3 Å². The van der Waals surface area contributed by atoms with Crippen molar-refractivity contribution in [3.63, 3.8) is 0 Å². The molecule has 0 aromatic heterocycles. The number of hydrogen-bond donors (Lipinski definition) is 3. The molecule has 0 amide bonds. The van der Waals surface area contributed by atoms with Gasteiger partial charge in [0.1, 0.15) is 17.2 Å². The summed E-state index contributed by atoms with van der Waals surface area (Å²) in [4.78, 5) is 0. The van der Waals surface area contributed by atoms with E-state index in [1.54, 1.807) is 30.3 Å². The number of phenolic OH excluding ortho intramolecular Hbond substituents is 3. The molecule has 3 N–H and O–H groups in total. The summed E-state index contributed by atoms with van der Waals surface area (Å²) in [5.74, 6) is 0.498. The number of rotatable bonds is 0. The van der Waals surface area contributed by atoms with Crippen LogP contribution in [0, 0.1) is 20.9 Å². The number of benzene rings is 4. The van der Waals surface area contributed by atoms with Crippen LogP contribution in [0.15, 0.2) is 103 Å². The predicted molar refractivity (Wildman–Crippen MR) is 106 cm³/mol. The van der Waals surface area contributed by atoms with Crippen LogP contribution in [0.3, 0.4) is 0 Å². The molecule has 0 radical (unpaired) electrons. The normalized spacial score (nSPS) is 9.93. The number of fused-ring (bicyclic) bond motifs is 2. The summed E-state index contributed by atoms with van der Waals surface area (Å²) in [7, 11) is 0. The van der Waals surface area contributed by atoms with Crippen LogP contribution in [0.25, 0.3) is 0 Å². The molecule has 0 unspecified atom stereocenters. The molecule has 4 aromatic carbocycles. The van der Waals surface area contributed by atoms with Crippen LogP contribution in [0.5, 0.6) is 17.2 Å².